The van der Waals surface area contributed by atoms with E-state index >= 15 is 0 Å². The predicted molar refractivity (Wildman–Crippen MR) is 96.6 cm³/mol. The zero-order chi connectivity index (χ0) is 17.7. The predicted octanol–water partition coefficient (Wildman–Crippen LogP) is 4.89. The number of ether oxygens (including phenoxy) is 2. The van der Waals surface area contributed by atoms with Gasteiger partial charge in [-0.15, -0.1) is 0 Å². The number of hydrogen-bond donors (Lipinski definition) is 2. The molecule has 0 unspecified atom stereocenters. The average molecular weight is 369 g/mol. The zero-order valence-electron chi connectivity index (χ0n) is 13.5. The highest BCUT2D eigenvalue weighted by Crippen LogP contribution is 2.29. The molecule has 0 saturated carbocycles. The lowest BCUT2D eigenvalue weighted by molar-refractivity contribution is 0.249. The number of carbonyl (C=O) groups excluding carboxylic acids is 1. The van der Waals surface area contributed by atoms with Crippen LogP contribution in [0.15, 0.2) is 36.4 Å². The molecular formula is C17H18Cl2N2O3. The second-order valence-electron chi connectivity index (χ2n) is 5.05. The Morgan fingerprint density at radius 1 is 1.08 bits per heavy atom. The van der Waals surface area contributed by atoms with E-state index in [1.165, 1.54) is 7.11 Å². The summed E-state index contributed by atoms with van der Waals surface area (Å²) in [5, 5.41) is 6.61. The van der Waals surface area contributed by atoms with Crippen LogP contribution in [0.1, 0.15) is 18.5 Å². The molecule has 0 aliphatic rings. The van der Waals surface area contributed by atoms with Gasteiger partial charge in [-0.25, -0.2) is 4.79 Å². The van der Waals surface area contributed by atoms with Gasteiger partial charge in [-0.1, -0.05) is 29.3 Å². The maximum atomic E-state index is 12.2. The normalized spacial score (nSPS) is 11.5. The fourth-order valence-corrected chi connectivity index (χ4v) is 2.76. The van der Waals surface area contributed by atoms with E-state index in [-0.39, 0.29) is 12.1 Å². The second kappa shape index (κ2) is 8.13. The van der Waals surface area contributed by atoms with E-state index in [2.05, 4.69) is 10.6 Å². The number of carbonyl (C=O) groups is 1. The molecule has 0 radical (unpaired) electrons. The monoisotopic (exact) mass is 368 g/mol. The fourth-order valence-electron chi connectivity index (χ4n) is 2.19. The van der Waals surface area contributed by atoms with Crippen molar-refractivity contribution in [2.75, 3.05) is 19.5 Å². The van der Waals surface area contributed by atoms with Gasteiger partial charge >= 0.3 is 6.03 Å². The van der Waals surface area contributed by atoms with E-state index in [1.54, 1.807) is 43.5 Å². The van der Waals surface area contributed by atoms with Crippen molar-refractivity contribution in [1.29, 1.82) is 0 Å². The minimum Gasteiger partial charge on any atom is -0.497 e. The van der Waals surface area contributed by atoms with Crippen LogP contribution in [0.3, 0.4) is 0 Å². The second-order valence-corrected chi connectivity index (χ2v) is 5.90. The first-order chi connectivity index (χ1) is 11.4. The Balaban J connectivity index is 2.07. The molecule has 2 aromatic rings. The number of hydrogen-bond acceptors (Lipinski definition) is 3. The van der Waals surface area contributed by atoms with Gasteiger partial charge < -0.3 is 20.1 Å². The SMILES string of the molecule is COc1ccc(NC(=O)N[C@H](C)c2ccc(Cl)cc2Cl)c(OC)c1. The number of urea groups is 1. The summed E-state index contributed by atoms with van der Waals surface area (Å²) in [4.78, 5) is 12.2. The van der Waals surface area contributed by atoms with Crippen LogP contribution in [0.25, 0.3) is 0 Å². The van der Waals surface area contributed by atoms with Crippen molar-refractivity contribution >= 4 is 34.9 Å². The van der Waals surface area contributed by atoms with E-state index < -0.39 is 0 Å². The van der Waals surface area contributed by atoms with Crippen molar-refractivity contribution in [2.24, 2.45) is 0 Å². The maximum absolute atomic E-state index is 12.2. The third kappa shape index (κ3) is 4.46. The van der Waals surface area contributed by atoms with Crippen LogP contribution in [0.4, 0.5) is 10.5 Å². The van der Waals surface area contributed by atoms with Crippen molar-refractivity contribution in [3.8, 4) is 11.5 Å². The van der Waals surface area contributed by atoms with Gasteiger partial charge in [0.2, 0.25) is 0 Å². The van der Waals surface area contributed by atoms with Crippen LogP contribution in [0.5, 0.6) is 11.5 Å². The summed E-state index contributed by atoms with van der Waals surface area (Å²) in [6.45, 7) is 1.83. The smallest absolute Gasteiger partial charge is 0.319 e. The van der Waals surface area contributed by atoms with E-state index in [9.17, 15) is 4.79 Å². The quantitative estimate of drug-likeness (QED) is 0.789. The van der Waals surface area contributed by atoms with Crippen LogP contribution in [-0.4, -0.2) is 20.3 Å². The lowest BCUT2D eigenvalue weighted by Gasteiger charge is -2.17. The minimum absolute atomic E-state index is 0.293. The van der Waals surface area contributed by atoms with Gasteiger partial charge in [0, 0.05) is 16.1 Å². The Hall–Kier alpha value is -2.11. The molecular weight excluding hydrogens is 351 g/mol. The van der Waals surface area contributed by atoms with Crippen LogP contribution >= 0.6 is 23.2 Å². The lowest BCUT2D eigenvalue weighted by Crippen LogP contribution is -2.31. The summed E-state index contributed by atoms with van der Waals surface area (Å²) in [6, 6.07) is 9.61. The van der Waals surface area contributed by atoms with E-state index in [0.29, 0.717) is 27.2 Å². The van der Waals surface area contributed by atoms with Crippen molar-refractivity contribution in [3.05, 3.63) is 52.0 Å². The van der Waals surface area contributed by atoms with Gasteiger partial charge in [0.05, 0.1) is 25.9 Å². The molecule has 5 nitrogen and oxygen atoms in total. The molecule has 2 aromatic carbocycles. The summed E-state index contributed by atoms with van der Waals surface area (Å²) in [5.41, 5.74) is 1.31. The molecule has 2 amide bonds. The molecule has 0 bridgehead atoms. The summed E-state index contributed by atoms with van der Waals surface area (Å²) in [7, 11) is 3.08. The molecule has 2 rings (SSSR count). The molecule has 0 spiro atoms. The zero-order valence-corrected chi connectivity index (χ0v) is 15.0. The van der Waals surface area contributed by atoms with Gasteiger partial charge in [0.1, 0.15) is 11.5 Å². The lowest BCUT2D eigenvalue weighted by atomic mass is 10.1. The molecule has 0 saturated heterocycles. The highest BCUT2D eigenvalue weighted by molar-refractivity contribution is 6.35. The summed E-state index contributed by atoms with van der Waals surface area (Å²) < 4.78 is 10.4. The van der Waals surface area contributed by atoms with Crippen LogP contribution < -0.4 is 20.1 Å². The van der Waals surface area contributed by atoms with Crippen LogP contribution in [0.2, 0.25) is 10.0 Å². The Kier molecular flexibility index (Phi) is 6.17. The molecule has 7 heteroatoms. The van der Waals surface area contributed by atoms with Gasteiger partial charge in [0.25, 0.3) is 0 Å². The van der Waals surface area contributed by atoms with Crippen molar-refractivity contribution in [2.45, 2.75) is 13.0 Å². The van der Waals surface area contributed by atoms with E-state index in [4.69, 9.17) is 32.7 Å². The highest BCUT2D eigenvalue weighted by Gasteiger charge is 2.14. The number of methoxy groups -OCH3 is 2. The van der Waals surface area contributed by atoms with Crippen molar-refractivity contribution in [1.82, 2.24) is 5.32 Å². The van der Waals surface area contributed by atoms with Crippen molar-refractivity contribution < 1.29 is 14.3 Å². The minimum atomic E-state index is -0.378. The summed E-state index contributed by atoms with van der Waals surface area (Å²) in [6.07, 6.45) is 0. The molecule has 24 heavy (non-hydrogen) atoms. The largest absolute Gasteiger partial charge is 0.497 e. The molecule has 0 aliphatic carbocycles. The Labute approximate surface area is 150 Å². The molecule has 0 aromatic heterocycles. The van der Waals surface area contributed by atoms with Gasteiger partial charge in [-0.3, -0.25) is 0 Å². The Bertz CT molecular complexity index is 738. The van der Waals surface area contributed by atoms with E-state index in [0.717, 1.165) is 5.56 Å². The molecule has 1 atom stereocenters. The average Bonchev–Trinajstić information content (AvgIpc) is 2.54. The maximum Gasteiger partial charge on any atom is 0.319 e. The number of nitrogens with one attached hydrogen (secondary N) is 2. The summed E-state index contributed by atoms with van der Waals surface area (Å²) >= 11 is 12.0. The first kappa shape index (κ1) is 18.2. The third-order valence-electron chi connectivity index (χ3n) is 3.43. The number of rotatable bonds is 5. The molecule has 0 fully saturated rings. The molecule has 128 valence electrons. The van der Waals surface area contributed by atoms with Gasteiger partial charge in [-0.05, 0) is 36.8 Å². The third-order valence-corrected chi connectivity index (χ3v) is 4.00. The number of anilines is 1. The van der Waals surface area contributed by atoms with E-state index in [1.807, 2.05) is 6.92 Å². The number of halogens is 2. The number of amides is 2. The number of benzene rings is 2. The van der Waals surface area contributed by atoms with Gasteiger partial charge in [0.15, 0.2) is 0 Å². The Morgan fingerprint density at radius 2 is 1.83 bits per heavy atom. The fraction of sp³-hybridized carbons (Fsp3) is 0.235. The van der Waals surface area contributed by atoms with Crippen LogP contribution in [-0.2, 0) is 0 Å². The standard InChI is InChI=1S/C17H18Cl2N2O3/c1-10(13-6-4-11(18)8-14(13)19)20-17(22)21-15-7-5-12(23-2)9-16(15)24-3/h4-10H,1-3H3,(H2,20,21,22)/t10-/m1/s1. The highest BCUT2D eigenvalue weighted by atomic mass is 35.5. The molecule has 0 heterocycles. The molecule has 2 N–H and O–H groups in total. The van der Waals surface area contributed by atoms with Crippen molar-refractivity contribution in [3.63, 3.8) is 0 Å². The Morgan fingerprint density at radius 3 is 2.46 bits per heavy atom. The molecule has 0 aliphatic heterocycles. The van der Waals surface area contributed by atoms with Crippen LogP contribution in [0, 0.1) is 0 Å². The first-order valence-electron chi connectivity index (χ1n) is 7.19. The van der Waals surface area contributed by atoms with Gasteiger partial charge in [-0.2, -0.15) is 0 Å². The first-order valence-corrected chi connectivity index (χ1v) is 7.94. The topological polar surface area (TPSA) is 59.6 Å². The summed E-state index contributed by atoms with van der Waals surface area (Å²) in [5.74, 6) is 1.14.